The summed E-state index contributed by atoms with van der Waals surface area (Å²) in [5.74, 6) is -0.196. The molecule has 9 heteroatoms. The molecule has 2 aromatic carbocycles. The predicted molar refractivity (Wildman–Crippen MR) is 122 cm³/mol. The van der Waals surface area contributed by atoms with Gasteiger partial charge in [-0.05, 0) is 43.5 Å². The van der Waals surface area contributed by atoms with E-state index >= 15 is 0 Å². The van der Waals surface area contributed by atoms with Gasteiger partial charge in [0.05, 0.1) is 23.2 Å². The summed E-state index contributed by atoms with van der Waals surface area (Å²) in [5, 5.41) is 2.83. The molecular weight excluding hydrogens is 430 g/mol. The fourth-order valence-electron chi connectivity index (χ4n) is 4.12. The van der Waals surface area contributed by atoms with E-state index in [2.05, 4.69) is 5.32 Å². The van der Waals surface area contributed by atoms with Crippen LogP contribution >= 0.6 is 0 Å². The van der Waals surface area contributed by atoms with Crippen LogP contribution in [0.15, 0.2) is 48.5 Å². The Labute approximate surface area is 188 Å². The number of nitrogens with one attached hydrogen (secondary N) is 1. The number of carbonyl (C=O) groups excluding carboxylic acids is 2. The van der Waals surface area contributed by atoms with E-state index in [0.29, 0.717) is 35.8 Å². The minimum Gasteiger partial charge on any atom is -0.478 e. The van der Waals surface area contributed by atoms with Crippen LogP contribution in [0.2, 0.25) is 0 Å². The van der Waals surface area contributed by atoms with Crippen molar-refractivity contribution in [3.8, 4) is 5.75 Å². The number of hydrogen-bond acceptors (Lipinski definition) is 5. The second-order valence-electron chi connectivity index (χ2n) is 8.09. The molecule has 2 aliphatic heterocycles. The van der Waals surface area contributed by atoms with E-state index in [9.17, 15) is 18.0 Å². The SMILES string of the molecule is CS(=O)(=O)N1CCC(C(=O)Nc2ccccc2C(=O)N2CCCCC2)Oc2ccccc21. The summed E-state index contributed by atoms with van der Waals surface area (Å²) in [6, 6.07) is 13.7. The van der Waals surface area contributed by atoms with Crippen molar-refractivity contribution in [3.63, 3.8) is 0 Å². The Hall–Kier alpha value is -3.07. The molecule has 4 rings (SSSR count). The molecule has 32 heavy (non-hydrogen) atoms. The van der Waals surface area contributed by atoms with Crippen LogP contribution in [0.3, 0.4) is 0 Å². The van der Waals surface area contributed by atoms with Crippen LogP contribution < -0.4 is 14.4 Å². The lowest BCUT2D eigenvalue weighted by Crippen LogP contribution is -2.38. The van der Waals surface area contributed by atoms with Crippen molar-refractivity contribution in [3.05, 3.63) is 54.1 Å². The van der Waals surface area contributed by atoms with Crippen molar-refractivity contribution < 1.29 is 22.7 Å². The molecule has 2 aliphatic rings. The van der Waals surface area contributed by atoms with Crippen LogP contribution in [0.1, 0.15) is 36.0 Å². The van der Waals surface area contributed by atoms with Crippen molar-refractivity contribution in [2.45, 2.75) is 31.8 Å². The zero-order valence-electron chi connectivity index (χ0n) is 18.0. The Morgan fingerprint density at radius 1 is 0.969 bits per heavy atom. The van der Waals surface area contributed by atoms with Crippen molar-refractivity contribution in [2.75, 3.05) is 35.5 Å². The van der Waals surface area contributed by atoms with Gasteiger partial charge in [0.2, 0.25) is 10.0 Å². The number of likely N-dealkylation sites (tertiary alicyclic amines) is 1. The fraction of sp³-hybridized carbons (Fsp3) is 0.391. The lowest BCUT2D eigenvalue weighted by Gasteiger charge is -2.27. The van der Waals surface area contributed by atoms with Crippen molar-refractivity contribution in [1.82, 2.24) is 4.90 Å². The highest BCUT2D eigenvalue weighted by atomic mass is 32.2. The molecule has 0 aromatic heterocycles. The third-order valence-electron chi connectivity index (χ3n) is 5.75. The zero-order chi connectivity index (χ0) is 22.7. The molecule has 2 aromatic rings. The maximum atomic E-state index is 13.1. The average molecular weight is 458 g/mol. The first kappa shape index (κ1) is 22.1. The maximum absolute atomic E-state index is 13.1. The van der Waals surface area contributed by atoms with E-state index in [4.69, 9.17) is 4.74 Å². The Morgan fingerprint density at radius 3 is 2.41 bits per heavy atom. The number of nitrogens with zero attached hydrogens (tertiary/aromatic N) is 2. The van der Waals surface area contributed by atoms with E-state index in [0.717, 1.165) is 25.5 Å². The van der Waals surface area contributed by atoms with E-state index < -0.39 is 22.0 Å². The number of sulfonamides is 1. The molecule has 1 unspecified atom stereocenters. The summed E-state index contributed by atoms with van der Waals surface area (Å²) in [4.78, 5) is 27.9. The van der Waals surface area contributed by atoms with Gasteiger partial charge >= 0.3 is 0 Å². The molecule has 0 spiro atoms. The molecule has 170 valence electrons. The number of amides is 2. The predicted octanol–water partition coefficient (Wildman–Crippen LogP) is 2.87. The van der Waals surface area contributed by atoms with E-state index in [1.807, 2.05) is 4.90 Å². The third-order valence-corrected chi connectivity index (χ3v) is 6.93. The second-order valence-corrected chi connectivity index (χ2v) is 9.99. The van der Waals surface area contributed by atoms with E-state index in [1.165, 1.54) is 4.31 Å². The van der Waals surface area contributed by atoms with Crippen LogP contribution in [0.4, 0.5) is 11.4 Å². The molecule has 0 saturated carbocycles. The van der Waals surface area contributed by atoms with Gasteiger partial charge in [-0.2, -0.15) is 0 Å². The smallest absolute Gasteiger partial charge is 0.265 e. The number of rotatable bonds is 4. The first-order valence-electron chi connectivity index (χ1n) is 10.8. The van der Waals surface area contributed by atoms with Gasteiger partial charge in [-0.3, -0.25) is 13.9 Å². The molecule has 1 fully saturated rings. The highest BCUT2D eigenvalue weighted by molar-refractivity contribution is 7.92. The third kappa shape index (κ3) is 4.72. The largest absolute Gasteiger partial charge is 0.478 e. The molecule has 0 aliphatic carbocycles. The van der Waals surface area contributed by atoms with Crippen LogP contribution in [0, 0.1) is 0 Å². The zero-order valence-corrected chi connectivity index (χ0v) is 18.8. The monoisotopic (exact) mass is 457 g/mol. The summed E-state index contributed by atoms with van der Waals surface area (Å²) in [5.41, 5.74) is 1.27. The molecule has 1 saturated heterocycles. The quantitative estimate of drug-likeness (QED) is 0.762. The number of carbonyl (C=O) groups is 2. The maximum Gasteiger partial charge on any atom is 0.265 e. The van der Waals surface area contributed by atoms with Gasteiger partial charge in [-0.1, -0.05) is 24.3 Å². The lowest BCUT2D eigenvalue weighted by molar-refractivity contribution is -0.122. The van der Waals surface area contributed by atoms with Gasteiger partial charge in [0, 0.05) is 26.1 Å². The van der Waals surface area contributed by atoms with Gasteiger partial charge in [0.15, 0.2) is 6.10 Å². The van der Waals surface area contributed by atoms with Crippen molar-refractivity contribution in [1.29, 1.82) is 0 Å². The average Bonchev–Trinajstić information content (AvgIpc) is 2.99. The number of benzene rings is 2. The second kappa shape index (κ2) is 9.20. The fourth-order valence-corrected chi connectivity index (χ4v) is 5.06. The molecule has 1 N–H and O–H groups in total. The molecule has 0 radical (unpaired) electrons. The first-order valence-corrected chi connectivity index (χ1v) is 12.6. The van der Waals surface area contributed by atoms with Gasteiger partial charge in [0.25, 0.3) is 11.8 Å². The van der Waals surface area contributed by atoms with Gasteiger partial charge in [-0.15, -0.1) is 0 Å². The highest BCUT2D eigenvalue weighted by Gasteiger charge is 2.31. The number of piperidine rings is 1. The molecular formula is C23H27N3O5S. The number of para-hydroxylation sites is 3. The summed E-state index contributed by atoms with van der Waals surface area (Å²) >= 11 is 0. The van der Waals surface area contributed by atoms with Crippen LogP contribution in [-0.4, -0.2) is 57.1 Å². The Kier molecular flexibility index (Phi) is 6.36. The number of fused-ring (bicyclic) bond motifs is 1. The Bertz CT molecular complexity index is 1110. The van der Waals surface area contributed by atoms with Gasteiger partial charge in [-0.25, -0.2) is 8.42 Å². The van der Waals surface area contributed by atoms with Crippen LogP contribution in [-0.2, 0) is 14.8 Å². The van der Waals surface area contributed by atoms with E-state index in [1.54, 1.807) is 48.5 Å². The summed E-state index contributed by atoms with van der Waals surface area (Å²) in [6.07, 6.45) is 3.48. The summed E-state index contributed by atoms with van der Waals surface area (Å²) < 4.78 is 31.7. The number of ether oxygens (including phenoxy) is 1. The van der Waals surface area contributed by atoms with E-state index in [-0.39, 0.29) is 18.9 Å². The minimum absolute atomic E-state index is 0.101. The number of anilines is 2. The Balaban J connectivity index is 1.55. The van der Waals surface area contributed by atoms with Crippen LogP contribution in [0.25, 0.3) is 0 Å². The summed E-state index contributed by atoms with van der Waals surface area (Å²) in [6.45, 7) is 1.54. The summed E-state index contributed by atoms with van der Waals surface area (Å²) in [7, 11) is -3.53. The normalized spacial score (nSPS) is 18.8. The lowest BCUT2D eigenvalue weighted by atomic mass is 10.1. The topological polar surface area (TPSA) is 96.0 Å². The van der Waals surface area contributed by atoms with Crippen molar-refractivity contribution >= 4 is 33.2 Å². The molecule has 2 amide bonds. The highest BCUT2D eigenvalue weighted by Crippen LogP contribution is 2.34. The minimum atomic E-state index is -3.53. The van der Waals surface area contributed by atoms with Gasteiger partial charge < -0.3 is 15.0 Å². The van der Waals surface area contributed by atoms with Gasteiger partial charge in [0.1, 0.15) is 5.75 Å². The standard InChI is InChI=1S/C23H27N3O5S/c1-32(29,30)26-16-13-21(31-20-12-6-5-11-19(20)26)22(27)24-18-10-4-3-9-17(18)23(28)25-14-7-2-8-15-25/h3-6,9-12,21H,2,7-8,13-16H2,1H3,(H,24,27). The Morgan fingerprint density at radius 2 is 1.66 bits per heavy atom. The molecule has 1 atom stereocenters. The van der Waals surface area contributed by atoms with Crippen molar-refractivity contribution in [2.24, 2.45) is 0 Å². The molecule has 8 nitrogen and oxygen atoms in total. The first-order chi connectivity index (χ1) is 15.3. The van der Waals surface area contributed by atoms with Crippen LogP contribution in [0.5, 0.6) is 5.75 Å². The molecule has 2 heterocycles. The molecule has 0 bridgehead atoms. The number of hydrogen-bond donors (Lipinski definition) is 1.